The molecule has 0 aromatic carbocycles. The molecule has 0 aliphatic rings. The maximum atomic E-state index is 11.4. The Morgan fingerprint density at radius 2 is 1.27 bits per heavy atom. The van der Waals surface area contributed by atoms with Gasteiger partial charge in [-0.1, -0.05) is 77.6 Å². The van der Waals surface area contributed by atoms with Gasteiger partial charge in [0.15, 0.2) is 5.25 Å². The van der Waals surface area contributed by atoms with Gasteiger partial charge in [-0.2, -0.15) is 8.42 Å². The maximum Gasteiger partial charge on any atom is 0.325 e. The summed E-state index contributed by atoms with van der Waals surface area (Å²) in [6, 6.07) is 0. The van der Waals surface area contributed by atoms with E-state index < -0.39 is 33.7 Å². The van der Waals surface area contributed by atoms with Crippen molar-refractivity contribution in [3.63, 3.8) is 0 Å². The quantitative estimate of drug-likeness (QED) is 0.218. The lowest BCUT2D eigenvalue weighted by Crippen LogP contribution is -2.32. The van der Waals surface area contributed by atoms with Crippen LogP contribution in [0, 0.1) is 0 Å². The number of hydrogen-bond donors (Lipinski definition) is 2. The van der Waals surface area contributed by atoms with Crippen LogP contribution in [0.4, 0.5) is 0 Å². The summed E-state index contributed by atoms with van der Waals surface area (Å²) in [5, 5.41) is 6.53. The first-order valence-corrected chi connectivity index (χ1v) is 11.1. The van der Waals surface area contributed by atoms with Gasteiger partial charge >= 0.3 is 11.9 Å². The molecule has 0 aromatic rings. The van der Waals surface area contributed by atoms with Gasteiger partial charge in [0.1, 0.15) is 0 Å². The summed E-state index contributed by atoms with van der Waals surface area (Å²) in [5.74, 6) is -2.70. The molecular weight excluding hydrogens is 360 g/mol. The molecule has 26 heavy (non-hydrogen) atoms. The zero-order valence-electron chi connectivity index (χ0n) is 15.8. The Labute approximate surface area is 157 Å². The third-order valence-corrected chi connectivity index (χ3v) is 5.34. The fraction of sp³-hybridized carbons (Fsp3) is 0.889. The van der Waals surface area contributed by atoms with Gasteiger partial charge in [-0.25, -0.2) is 0 Å². The van der Waals surface area contributed by atoms with E-state index in [1.807, 2.05) is 0 Å². The van der Waals surface area contributed by atoms with Gasteiger partial charge < -0.3 is 9.84 Å². The lowest BCUT2D eigenvalue weighted by Gasteiger charge is -2.09. The minimum Gasteiger partial charge on any atom is -0.480 e. The average molecular weight is 395 g/mol. The lowest BCUT2D eigenvalue weighted by molar-refractivity contribution is -0.147. The second kappa shape index (κ2) is 15.0. The van der Waals surface area contributed by atoms with Crippen LogP contribution in [0.3, 0.4) is 0 Å². The van der Waals surface area contributed by atoms with Crippen LogP contribution < -0.4 is 0 Å². The highest BCUT2D eigenvalue weighted by Gasteiger charge is 2.33. The zero-order valence-corrected chi connectivity index (χ0v) is 16.6. The van der Waals surface area contributed by atoms with Crippen LogP contribution in [0.25, 0.3) is 0 Å². The number of rotatable bonds is 17. The third kappa shape index (κ3) is 14.1. The molecule has 0 aliphatic heterocycles. The molecule has 2 N–H and O–H groups in total. The first-order valence-electron chi connectivity index (χ1n) is 9.63. The number of carboxylic acids is 1. The Morgan fingerprint density at radius 3 is 1.65 bits per heavy atom. The molecule has 154 valence electrons. The second-order valence-corrected chi connectivity index (χ2v) is 8.25. The van der Waals surface area contributed by atoms with E-state index in [9.17, 15) is 18.0 Å². The van der Waals surface area contributed by atoms with Crippen molar-refractivity contribution in [3.05, 3.63) is 0 Å². The smallest absolute Gasteiger partial charge is 0.325 e. The van der Waals surface area contributed by atoms with E-state index in [1.165, 1.54) is 51.4 Å². The second-order valence-electron chi connectivity index (χ2n) is 6.66. The SMILES string of the molecule is CCCCCCCCCCCCCCOC(=O)CC(C(=O)O)S(=O)(=O)O. The van der Waals surface area contributed by atoms with Crippen molar-refractivity contribution >= 4 is 22.1 Å². The summed E-state index contributed by atoms with van der Waals surface area (Å²) in [5.41, 5.74) is 0. The van der Waals surface area contributed by atoms with E-state index in [0.717, 1.165) is 19.3 Å². The summed E-state index contributed by atoms with van der Waals surface area (Å²) in [7, 11) is -4.82. The molecule has 0 rings (SSSR count). The molecular formula is C18H34O7S. The van der Waals surface area contributed by atoms with Crippen molar-refractivity contribution in [1.29, 1.82) is 0 Å². The summed E-state index contributed by atoms with van der Waals surface area (Å²) >= 11 is 0. The molecule has 0 fully saturated rings. The van der Waals surface area contributed by atoms with Gasteiger partial charge in [0.2, 0.25) is 0 Å². The van der Waals surface area contributed by atoms with Crippen LogP contribution >= 0.6 is 0 Å². The molecule has 1 atom stereocenters. The molecule has 7 nitrogen and oxygen atoms in total. The van der Waals surface area contributed by atoms with Gasteiger partial charge in [-0.15, -0.1) is 0 Å². The predicted octanol–water partition coefficient (Wildman–Crippen LogP) is 3.96. The highest BCUT2D eigenvalue weighted by Crippen LogP contribution is 2.12. The molecule has 0 heterocycles. The molecule has 0 amide bonds. The minimum absolute atomic E-state index is 0.133. The largest absolute Gasteiger partial charge is 0.480 e. The predicted molar refractivity (Wildman–Crippen MR) is 99.6 cm³/mol. The minimum atomic E-state index is -4.82. The first kappa shape index (κ1) is 24.8. The van der Waals surface area contributed by atoms with E-state index >= 15 is 0 Å². The van der Waals surface area contributed by atoms with Gasteiger partial charge in [0, 0.05) is 0 Å². The number of carboxylic acid groups (broad SMARTS) is 1. The fourth-order valence-corrected chi connectivity index (χ4v) is 3.26. The highest BCUT2D eigenvalue weighted by atomic mass is 32.2. The average Bonchev–Trinajstić information content (AvgIpc) is 2.55. The van der Waals surface area contributed by atoms with Crippen molar-refractivity contribution in [2.24, 2.45) is 0 Å². The fourth-order valence-electron chi connectivity index (χ4n) is 2.66. The normalized spacial score (nSPS) is 12.7. The van der Waals surface area contributed by atoms with Gasteiger partial charge in [-0.05, 0) is 6.42 Å². The van der Waals surface area contributed by atoms with Crippen molar-refractivity contribution in [2.45, 2.75) is 95.6 Å². The number of aliphatic carboxylic acids is 1. The molecule has 0 saturated heterocycles. The van der Waals surface area contributed by atoms with Crippen LogP contribution in [0.1, 0.15) is 90.4 Å². The summed E-state index contributed by atoms with van der Waals surface area (Å²) < 4.78 is 35.3. The number of hydrogen-bond acceptors (Lipinski definition) is 5. The Hall–Kier alpha value is -1.15. The molecule has 0 saturated carbocycles. The van der Waals surface area contributed by atoms with Gasteiger partial charge in [0.05, 0.1) is 13.0 Å². The Bertz CT molecular complexity index is 488. The van der Waals surface area contributed by atoms with Crippen molar-refractivity contribution in [2.75, 3.05) is 6.61 Å². The van der Waals surface area contributed by atoms with Gasteiger partial charge in [-0.3, -0.25) is 14.1 Å². The molecule has 0 bridgehead atoms. The Kier molecular flexibility index (Phi) is 14.3. The van der Waals surface area contributed by atoms with E-state index in [1.54, 1.807) is 0 Å². The standard InChI is InChI=1S/C18H34O7S/c1-2-3-4-5-6-7-8-9-10-11-12-13-14-25-17(19)15-16(18(20)21)26(22,23)24/h16H,2-15H2,1H3,(H,20,21)(H,22,23,24). The maximum absolute atomic E-state index is 11.4. The zero-order chi connectivity index (χ0) is 19.8. The van der Waals surface area contributed by atoms with Crippen molar-refractivity contribution in [1.82, 2.24) is 0 Å². The molecule has 1 unspecified atom stereocenters. The number of esters is 1. The summed E-state index contributed by atoms with van der Waals surface area (Å²) in [4.78, 5) is 22.2. The van der Waals surface area contributed by atoms with Gasteiger partial charge in [0.25, 0.3) is 10.1 Å². The topological polar surface area (TPSA) is 118 Å². The third-order valence-electron chi connectivity index (χ3n) is 4.25. The van der Waals surface area contributed by atoms with Crippen molar-refractivity contribution in [3.8, 4) is 0 Å². The van der Waals surface area contributed by atoms with Crippen LogP contribution in [-0.4, -0.2) is 41.9 Å². The number of carbonyl (C=O) groups is 2. The van der Waals surface area contributed by atoms with Crippen molar-refractivity contribution < 1.29 is 32.4 Å². The summed E-state index contributed by atoms with van der Waals surface area (Å²) in [6.45, 7) is 2.35. The molecule has 0 aromatic heterocycles. The van der Waals surface area contributed by atoms with E-state index in [-0.39, 0.29) is 6.61 Å². The number of unbranched alkanes of at least 4 members (excludes halogenated alkanes) is 11. The van der Waals surface area contributed by atoms with E-state index in [4.69, 9.17) is 14.4 Å². The van der Waals surface area contributed by atoms with Crippen LogP contribution in [-0.2, 0) is 24.4 Å². The van der Waals surface area contributed by atoms with E-state index in [2.05, 4.69) is 6.92 Å². The van der Waals surface area contributed by atoms with Crippen LogP contribution in [0.2, 0.25) is 0 Å². The van der Waals surface area contributed by atoms with E-state index in [0.29, 0.717) is 6.42 Å². The van der Waals surface area contributed by atoms with Crippen LogP contribution in [0.15, 0.2) is 0 Å². The monoisotopic (exact) mass is 394 g/mol. The molecule has 0 spiro atoms. The lowest BCUT2D eigenvalue weighted by atomic mass is 10.1. The number of carbonyl (C=O) groups excluding carboxylic acids is 1. The molecule has 8 heteroatoms. The highest BCUT2D eigenvalue weighted by molar-refractivity contribution is 7.87. The molecule has 0 aliphatic carbocycles. The summed E-state index contributed by atoms with van der Waals surface area (Å²) in [6.07, 6.45) is 13.2. The first-order chi connectivity index (χ1) is 12.3. The number of ether oxygens (including phenoxy) is 1. The Balaban J connectivity index is 3.55. The van der Waals surface area contributed by atoms with Crippen LogP contribution in [0.5, 0.6) is 0 Å². The Morgan fingerprint density at radius 1 is 0.846 bits per heavy atom. The molecule has 0 radical (unpaired) electrons.